The van der Waals surface area contributed by atoms with E-state index in [2.05, 4.69) is 19.2 Å². The molecule has 0 fully saturated rings. The van der Waals surface area contributed by atoms with Gasteiger partial charge in [-0.15, -0.1) is 0 Å². The van der Waals surface area contributed by atoms with Crippen molar-refractivity contribution in [3.05, 3.63) is 0 Å². The molecule has 0 rings (SSSR count). The van der Waals surface area contributed by atoms with Gasteiger partial charge in [-0.3, -0.25) is 0 Å². The predicted octanol–water partition coefficient (Wildman–Crippen LogP) is 2.23. The lowest BCUT2D eigenvalue weighted by Crippen LogP contribution is -2.39. The Balaban J connectivity index is 3.73. The molecule has 0 aromatic rings. The van der Waals surface area contributed by atoms with Crippen LogP contribution in [0.15, 0.2) is 0 Å². The van der Waals surface area contributed by atoms with Gasteiger partial charge in [-0.25, -0.2) is 4.79 Å². The summed E-state index contributed by atoms with van der Waals surface area (Å²) in [6.45, 7) is 6.02. The van der Waals surface area contributed by atoms with Crippen LogP contribution in [0.3, 0.4) is 0 Å². The third-order valence-electron chi connectivity index (χ3n) is 2.03. The van der Waals surface area contributed by atoms with E-state index in [0.717, 1.165) is 25.9 Å². The Bertz CT molecular complexity index is 137. The monoisotopic (exact) mass is 186 g/mol. The van der Waals surface area contributed by atoms with Gasteiger partial charge in [-0.1, -0.05) is 26.7 Å². The van der Waals surface area contributed by atoms with E-state index in [9.17, 15) is 4.79 Å². The minimum atomic E-state index is 0.0537. The molecule has 0 spiro atoms. The summed E-state index contributed by atoms with van der Waals surface area (Å²) in [7, 11) is 1.69. The summed E-state index contributed by atoms with van der Waals surface area (Å²) in [5.41, 5.74) is 0. The third kappa shape index (κ3) is 5.50. The molecule has 13 heavy (non-hydrogen) atoms. The van der Waals surface area contributed by atoms with Crippen molar-refractivity contribution < 1.29 is 4.79 Å². The van der Waals surface area contributed by atoms with Crippen LogP contribution in [-0.2, 0) is 0 Å². The highest BCUT2D eigenvalue weighted by Crippen LogP contribution is 1.99. The fourth-order valence-electron chi connectivity index (χ4n) is 1.30. The van der Waals surface area contributed by atoms with Crippen LogP contribution >= 0.6 is 0 Å². The molecule has 3 nitrogen and oxygen atoms in total. The van der Waals surface area contributed by atoms with E-state index >= 15 is 0 Å². The van der Waals surface area contributed by atoms with E-state index in [4.69, 9.17) is 0 Å². The molecule has 78 valence electrons. The molecule has 0 saturated carbocycles. The normalized spacial score (nSPS) is 9.77. The van der Waals surface area contributed by atoms with Gasteiger partial charge < -0.3 is 10.2 Å². The second kappa shape index (κ2) is 7.90. The average Bonchev–Trinajstić information content (AvgIpc) is 2.16. The van der Waals surface area contributed by atoms with Gasteiger partial charge in [0.1, 0.15) is 0 Å². The minimum Gasteiger partial charge on any atom is -0.341 e. The highest BCUT2D eigenvalue weighted by Gasteiger charge is 2.08. The lowest BCUT2D eigenvalue weighted by molar-refractivity contribution is 0.199. The summed E-state index contributed by atoms with van der Waals surface area (Å²) < 4.78 is 0. The number of amides is 2. The number of carbonyl (C=O) groups excluding carboxylic acids is 1. The molecule has 0 radical (unpaired) electrons. The number of nitrogens with zero attached hydrogens (tertiary/aromatic N) is 1. The molecule has 0 unspecified atom stereocenters. The Hall–Kier alpha value is -0.730. The summed E-state index contributed by atoms with van der Waals surface area (Å²) in [5, 5.41) is 2.66. The molecule has 1 N–H and O–H groups in total. The number of carbonyl (C=O) groups is 1. The maximum atomic E-state index is 11.3. The van der Waals surface area contributed by atoms with Gasteiger partial charge in [0, 0.05) is 20.1 Å². The van der Waals surface area contributed by atoms with Gasteiger partial charge in [-0.05, 0) is 12.8 Å². The zero-order valence-corrected chi connectivity index (χ0v) is 9.10. The second-order valence-corrected chi connectivity index (χ2v) is 3.25. The maximum Gasteiger partial charge on any atom is 0.317 e. The zero-order chi connectivity index (χ0) is 10.1. The SMILES string of the molecule is CCCCCN(CCC)C(=O)NC. The molecule has 0 saturated heterocycles. The molecule has 0 bridgehead atoms. The smallest absolute Gasteiger partial charge is 0.317 e. The van der Waals surface area contributed by atoms with Gasteiger partial charge >= 0.3 is 6.03 Å². The van der Waals surface area contributed by atoms with Crippen molar-refractivity contribution in [2.45, 2.75) is 39.5 Å². The van der Waals surface area contributed by atoms with E-state index in [-0.39, 0.29) is 6.03 Å². The van der Waals surface area contributed by atoms with Crippen molar-refractivity contribution in [3.8, 4) is 0 Å². The number of unbranched alkanes of at least 4 members (excludes halogenated alkanes) is 2. The lowest BCUT2D eigenvalue weighted by Gasteiger charge is -2.21. The summed E-state index contributed by atoms with van der Waals surface area (Å²) >= 11 is 0. The van der Waals surface area contributed by atoms with Crippen LogP contribution < -0.4 is 5.32 Å². The Labute approximate surface area is 81.5 Å². The van der Waals surface area contributed by atoms with Gasteiger partial charge in [0.15, 0.2) is 0 Å². The van der Waals surface area contributed by atoms with Gasteiger partial charge in [-0.2, -0.15) is 0 Å². The minimum absolute atomic E-state index is 0.0537. The van der Waals surface area contributed by atoms with E-state index < -0.39 is 0 Å². The van der Waals surface area contributed by atoms with Crippen LogP contribution in [0, 0.1) is 0 Å². The Morgan fingerprint density at radius 1 is 1.15 bits per heavy atom. The van der Waals surface area contributed by atoms with Crippen LogP contribution in [0.1, 0.15) is 39.5 Å². The van der Waals surface area contributed by atoms with Crippen LogP contribution in [0.2, 0.25) is 0 Å². The van der Waals surface area contributed by atoms with E-state index in [1.165, 1.54) is 12.8 Å². The topological polar surface area (TPSA) is 32.3 Å². The molecule has 0 aliphatic carbocycles. The first-order valence-corrected chi connectivity index (χ1v) is 5.22. The fraction of sp³-hybridized carbons (Fsp3) is 0.900. The zero-order valence-electron chi connectivity index (χ0n) is 9.10. The van der Waals surface area contributed by atoms with Gasteiger partial charge in [0.05, 0.1) is 0 Å². The number of rotatable bonds is 6. The standard InChI is InChI=1S/C10H22N2O/c1-4-6-7-9-12(8-5-2)10(13)11-3/h4-9H2,1-3H3,(H,11,13). The third-order valence-corrected chi connectivity index (χ3v) is 2.03. The first kappa shape index (κ1) is 12.3. The van der Waals surface area contributed by atoms with Crippen molar-refractivity contribution in [1.82, 2.24) is 10.2 Å². The average molecular weight is 186 g/mol. The highest BCUT2D eigenvalue weighted by atomic mass is 16.2. The molecule has 0 heterocycles. The largest absolute Gasteiger partial charge is 0.341 e. The van der Waals surface area contributed by atoms with Crippen molar-refractivity contribution in [2.75, 3.05) is 20.1 Å². The summed E-state index contributed by atoms with van der Waals surface area (Å²) in [6.07, 6.45) is 4.55. The first-order chi connectivity index (χ1) is 6.26. The van der Waals surface area contributed by atoms with Crippen molar-refractivity contribution >= 4 is 6.03 Å². The molecular formula is C10H22N2O. The summed E-state index contributed by atoms with van der Waals surface area (Å²) in [5.74, 6) is 0. The van der Waals surface area contributed by atoms with Crippen LogP contribution in [-0.4, -0.2) is 31.1 Å². The van der Waals surface area contributed by atoms with Crippen molar-refractivity contribution in [2.24, 2.45) is 0 Å². The quantitative estimate of drug-likeness (QED) is 0.634. The number of urea groups is 1. The molecule has 0 aromatic carbocycles. The highest BCUT2D eigenvalue weighted by molar-refractivity contribution is 5.73. The Kier molecular flexibility index (Phi) is 7.45. The molecule has 0 atom stereocenters. The summed E-state index contributed by atoms with van der Waals surface area (Å²) in [6, 6.07) is 0.0537. The first-order valence-electron chi connectivity index (χ1n) is 5.22. The van der Waals surface area contributed by atoms with E-state index in [1.54, 1.807) is 7.05 Å². The molecule has 0 aliphatic heterocycles. The number of hydrogen-bond donors (Lipinski definition) is 1. The van der Waals surface area contributed by atoms with Crippen molar-refractivity contribution in [3.63, 3.8) is 0 Å². The number of nitrogens with one attached hydrogen (secondary N) is 1. The Morgan fingerprint density at radius 3 is 2.31 bits per heavy atom. The molecular weight excluding hydrogens is 164 g/mol. The second-order valence-electron chi connectivity index (χ2n) is 3.25. The van der Waals surface area contributed by atoms with Gasteiger partial charge in [0.2, 0.25) is 0 Å². The van der Waals surface area contributed by atoms with Crippen LogP contribution in [0.25, 0.3) is 0 Å². The maximum absolute atomic E-state index is 11.3. The van der Waals surface area contributed by atoms with Gasteiger partial charge in [0.25, 0.3) is 0 Å². The van der Waals surface area contributed by atoms with Crippen LogP contribution in [0.5, 0.6) is 0 Å². The molecule has 0 aliphatic rings. The fourth-order valence-corrected chi connectivity index (χ4v) is 1.30. The van der Waals surface area contributed by atoms with E-state index in [0.29, 0.717) is 0 Å². The molecule has 2 amide bonds. The lowest BCUT2D eigenvalue weighted by atomic mass is 10.2. The summed E-state index contributed by atoms with van der Waals surface area (Å²) in [4.78, 5) is 13.2. The van der Waals surface area contributed by atoms with Crippen LogP contribution in [0.4, 0.5) is 4.79 Å². The van der Waals surface area contributed by atoms with E-state index in [1.807, 2.05) is 4.90 Å². The van der Waals surface area contributed by atoms with Crippen molar-refractivity contribution in [1.29, 1.82) is 0 Å². The number of hydrogen-bond acceptors (Lipinski definition) is 1. The Morgan fingerprint density at radius 2 is 1.85 bits per heavy atom. The molecule has 0 aromatic heterocycles. The predicted molar refractivity (Wildman–Crippen MR) is 55.8 cm³/mol. The molecule has 3 heteroatoms.